The average molecular weight is 274 g/mol. The molecule has 1 aromatic rings. The second-order valence-electron chi connectivity index (χ2n) is 5.19. The molecule has 0 fully saturated rings. The Morgan fingerprint density at radius 1 is 1.24 bits per heavy atom. The van der Waals surface area contributed by atoms with E-state index in [1.165, 1.54) is 0 Å². The molecule has 0 heterocycles. The molecule has 0 saturated heterocycles. The lowest BCUT2D eigenvalue weighted by Gasteiger charge is -2.28. The molecule has 0 aliphatic heterocycles. The molecule has 0 radical (unpaired) electrons. The summed E-state index contributed by atoms with van der Waals surface area (Å²) < 4.78 is 0. The van der Waals surface area contributed by atoms with Crippen molar-refractivity contribution < 1.29 is 4.79 Å². The number of carbonyl (C=O) groups is 1. The summed E-state index contributed by atoms with van der Waals surface area (Å²) in [5.74, 6) is -0.133. The molecule has 2 nitrogen and oxygen atoms in total. The molecular weight excluding hydrogens is 257 g/mol. The third-order valence-electron chi connectivity index (χ3n) is 2.83. The van der Waals surface area contributed by atoms with Gasteiger partial charge in [0.2, 0.25) is 0 Å². The van der Waals surface area contributed by atoms with Gasteiger partial charge in [0.05, 0.1) is 10.0 Å². The van der Waals surface area contributed by atoms with Crippen LogP contribution in [-0.2, 0) is 0 Å². The second kappa shape index (κ2) is 5.28. The van der Waals surface area contributed by atoms with Gasteiger partial charge in [0, 0.05) is 11.6 Å². The number of hydrogen-bond donors (Lipinski definition) is 1. The molecule has 0 saturated carbocycles. The zero-order valence-electron chi connectivity index (χ0n) is 10.5. The fourth-order valence-electron chi connectivity index (χ4n) is 1.13. The van der Waals surface area contributed by atoms with E-state index < -0.39 is 0 Å². The van der Waals surface area contributed by atoms with E-state index in [4.69, 9.17) is 23.2 Å². The van der Waals surface area contributed by atoms with Gasteiger partial charge in [0.1, 0.15) is 0 Å². The molecular formula is C13H17Cl2NO. The van der Waals surface area contributed by atoms with E-state index in [0.717, 1.165) is 0 Å². The summed E-state index contributed by atoms with van der Waals surface area (Å²) in [6.45, 7) is 8.21. The quantitative estimate of drug-likeness (QED) is 0.862. The standard InChI is InChI=1S/C13H17Cl2NO/c1-8(13(2,3)4)16-12(17)9-5-6-10(14)11(15)7-9/h5-8H,1-4H3,(H,16,17). The first kappa shape index (κ1) is 14.3. The molecule has 1 unspecified atom stereocenters. The smallest absolute Gasteiger partial charge is 0.251 e. The third kappa shape index (κ3) is 3.90. The number of amides is 1. The zero-order chi connectivity index (χ0) is 13.2. The summed E-state index contributed by atoms with van der Waals surface area (Å²) in [7, 11) is 0. The Kier molecular flexibility index (Phi) is 4.45. The van der Waals surface area contributed by atoms with E-state index in [9.17, 15) is 4.79 Å². The highest BCUT2D eigenvalue weighted by Gasteiger charge is 2.22. The number of benzene rings is 1. The maximum Gasteiger partial charge on any atom is 0.251 e. The summed E-state index contributed by atoms with van der Waals surface area (Å²) in [5, 5.41) is 3.78. The van der Waals surface area contributed by atoms with Gasteiger partial charge >= 0.3 is 0 Å². The highest BCUT2D eigenvalue weighted by atomic mass is 35.5. The number of halogens is 2. The first-order chi connectivity index (χ1) is 7.71. The van der Waals surface area contributed by atoms with Crippen LogP contribution >= 0.6 is 23.2 Å². The van der Waals surface area contributed by atoms with Gasteiger partial charge in [0.15, 0.2) is 0 Å². The molecule has 94 valence electrons. The Hall–Kier alpha value is -0.730. The third-order valence-corrected chi connectivity index (χ3v) is 3.57. The summed E-state index contributed by atoms with van der Waals surface area (Å²) in [6, 6.07) is 4.94. The first-order valence-corrected chi connectivity index (χ1v) is 6.23. The number of rotatable bonds is 2. The molecule has 1 N–H and O–H groups in total. The lowest BCUT2D eigenvalue weighted by molar-refractivity contribution is 0.0910. The van der Waals surface area contributed by atoms with Crippen LogP contribution in [0.25, 0.3) is 0 Å². The summed E-state index contributed by atoms with van der Waals surface area (Å²) >= 11 is 11.7. The van der Waals surface area contributed by atoms with Gasteiger partial charge in [-0.1, -0.05) is 44.0 Å². The van der Waals surface area contributed by atoms with Crippen molar-refractivity contribution in [3.05, 3.63) is 33.8 Å². The van der Waals surface area contributed by atoms with E-state index in [-0.39, 0.29) is 17.4 Å². The van der Waals surface area contributed by atoms with Crippen molar-refractivity contribution in [2.75, 3.05) is 0 Å². The fraction of sp³-hybridized carbons (Fsp3) is 0.462. The molecule has 1 amide bonds. The van der Waals surface area contributed by atoms with E-state index in [1.54, 1.807) is 18.2 Å². The Balaban J connectivity index is 2.80. The topological polar surface area (TPSA) is 29.1 Å². The van der Waals surface area contributed by atoms with Gasteiger partial charge in [-0.25, -0.2) is 0 Å². The van der Waals surface area contributed by atoms with Crippen LogP contribution in [0.4, 0.5) is 0 Å². The van der Waals surface area contributed by atoms with Crippen LogP contribution in [0.1, 0.15) is 38.1 Å². The largest absolute Gasteiger partial charge is 0.349 e. The van der Waals surface area contributed by atoms with Crippen LogP contribution < -0.4 is 5.32 Å². The minimum atomic E-state index is -0.133. The van der Waals surface area contributed by atoms with Gasteiger partial charge in [-0.3, -0.25) is 4.79 Å². The normalized spacial score (nSPS) is 13.3. The molecule has 4 heteroatoms. The highest BCUT2D eigenvalue weighted by Crippen LogP contribution is 2.23. The molecule has 1 aromatic carbocycles. The van der Waals surface area contributed by atoms with Crippen LogP contribution in [0.2, 0.25) is 10.0 Å². The zero-order valence-corrected chi connectivity index (χ0v) is 12.0. The van der Waals surface area contributed by atoms with Crippen LogP contribution in [-0.4, -0.2) is 11.9 Å². The molecule has 0 bridgehead atoms. The fourth-order valence-corrected chi connectivity index (χ4v) is 1.43. The monoisotopic (exact) mass is 273 g/mol. The minimum Gasteiger partial charge on any atom is -0.349 e. The number of carbonyl (C=O) groups excluding carboxylic acids is 1. The Labute approximate surface area is 112 Å². The van der Waals surface area contributed by atoms with E-state index >= 15 is 0 Å². The van der Waals surface area contributed by atoms with E-state index in [0.29, 0.717) is 15.6 Å². The SMILES string of the molecule is CC(NC(=O)c1ccc(Cl)c(Cl)c1)C(C)(C)C. The lowest BCUT2D eigenvalue weighted by Crippen LogP contribution is -2.41. The van der Waals surface area contributed by atoms with Crippen molar-refractivity contribution in [3.8, 4) is 0 Å². The van der Waals surface area contributed by atoms with E-state index in [2.05, 4.69) is 26.1 Å². The maximum absolute atomic E-state index is 12.0. The Morgan fingerprint density at radius 3 is 2.29 bits per heavy atom. The molecule has 1 atom stereocenters. The van der Waals surface area contributed by atoms with Crippen molar-refractivity contribution in [1.29, 1.82) is 0 Å². The van der Waals surface area contributed by atoms with Gasteiger partial charge in [-0.05, 0) is 30.5 Å². The van der Waals surface area contributed by atoms with Crippen LogP contribution in [0.5, 0.6) is 0 Å². The number of nitrogens with one attached hydrogen (secondary N) is 1. The van der Waals surface area contributed by atoms with Gasteiger partial charge in [-0.2, -0.15) is 0 Å². The number of hydrogen-bond acceptors (Lipinski definition) is 1. The van der Waals surface area contributed by atoms with Crippen molar-refractivity contribution in [1.82, 2.24) is 5.32 Å². The van der Waals surface area contributed by atoms with Gasteiger partial charge in [-0.15, -0.1) is 0 Å². The van der Waals surface area contributed by atoms with Crippen molar-refractivity contribution in [3.63, 3.8) is 0 Å². The van der Waals surface area contributed by atoms with Crippen molar-refractivity contribution in [2.24, 2.45) is 5.41 Å². The summed E-state index contributed by atoms with van der Waals surface area (Å²) in [6.07, 6.45) is 0. The molecule has 0 aliphatic rings. The van der Waals surface area contributed by atoms with Gasteiger partial charge in [0.25, 0.3) is 5.91 Å². The van der Waals surface area contributed by atoms with Gasteiger partial charge < -0.3 is 5.32 Å². The molecule has 1 rings (SSSR count). The second-order valence-corrected chi connectivity index (χ2v) is 6.00. The first-order valence-electron chi connectivity index (χ1n) is 5.47. The van der Waals surface area contributed by atoms with Crippen molar-refractivity contribution >= 4 is 29.1 Å². The summed E-state index contributed by atoms with van der Waals surface area (Å²) in [5.41, 5.74) is 0.543. The molecule has 0 aliphatic carbocycles. The van der Waals surface area contributed by atoms with Crippen molar-refractivity contribution in [2.45, 2.75) is 33.7 Å². The minimum absolute atomic E-state index is 0.0197. The van der Waals surface area contributed by atoms with Crippen LogP contribution in [0.3, 0.4) is 0 Å². The molecule has 0 spiro atoms. The lowest BCUT2D eigenvalue weighted by atomic mass is 9.88. The van der Waals surface area contributed by atoms with Crippen LogP contribution in [0.15, 0.2) is 18.2 Å². The predicted molar refractivity (Wildman–Crippen MR) is 72.8 cm³/mol. The average Bonchev–Trinajstić information content (AvgIpc) is 2.20. The molecule has 17 heavy (non-hydrogen) atoms. The summed E-state index contributed by atoms with van der Waals surface area (Å²) in [4.78, 5) is 12.0. The van der Waals surface area contributed by atoms with Crippen LogP contribution in [0, 0.1) is 5.41 Å². The predicted octanol–water partition coefficient (Wildman–Crippen LogP) is 4.16. The van der Waals surface area contributed by atoms with E-state index in [1.807, 2.05) is 6.92 Å². The Morgan fingerprint density at radius 2 is 1.82 bits per heavy atom. The molecule has 0 aromatic heterocycles. The highest BCUT2D eigenvalue weighted by molar-refractivity contribution is 6.42. The Bertz CT molecular complexity index is 424. The maximum atomic E-state index is 12.0.